The molecule has 5 heteroatoms. The number of imidazole rings is 1. The Morgan fingerprint density at radius 3 is 2.29 bits per heavy atom. The minimum absolute atomic E-state index is 0.0648. The van der Waals surface area contributed by atoms with Gasteiger partial charge in [-0.25, -0.2) is 9.78 Å². The highest BCUT2D eigenvalue weighted by atomic mass is 16.4. The van der Waals surface area contributed by atoms with Gasteiger partial charge in [-0.15, -0.1) is 0 Å². The first-order chi connectivity index (χ1) is 6.25. The van der Waals surface area contributed by atoms with E-state index in [9.17, 15) is 4.79 Å². The summed E-state index contributed by atoms with van der Waals surface area (Å²) in [6.45, 7) is 7.47. The van der Waals surface area contributed by atoms with Crippen molar-refractivity contribution in [2.24, 2.45) is 0 Å². The smallest absolute Gasteiger partial charge is 0.356 e. The molecule has 0 saturated heterocycles. The van der Waals surface area contributed by atoms with Crippen LogP contribution >= 0.6 is 0 Å². The van der Waals surface area contributed by atoms with Crippen molar-refractivity contribution in [1.29, 1.82) is 0 Å². The normalized spacial score (nSPS) is 11.7. The molecular formula is C9H15N3O2. The summed E-state index contributed by atoms with van der Waals surface area (Å²) in [7, 11) is 0. The van der Waals surface area contributed by atoms with Gasteiger partial charge in [-0.3, -0.25) is 0 Å². The Labute approximate surface area is 82.6 Å². The van der Waals surface area contributed by atoms with Crippen molar-refractivity contribution in [3.8, 4) is 0 Å². The molecule has 0 aliphatic rings. The van der Waals surface area contributed by atoms with E-state index in [1.807, 2.05) is 20.8 Å². The van der Waals surface area contributed by atoms with Crippen LogP contribution in [0.3, 0.4) is 0 Å². The van der Waals surface area contributed by atoms with Crippen LogP contribution in [0.15, 0.2) is 0 Å². The van der Waals surface area contributed by atoms with Crippen LogP contribution in [-0.2, 0) is 5.54 Å². The van der Waals surface area contributed by atoms with E-state index in [0.717, 1.165) is 0 Å². The number of aromatic nitrogens is 2. The fourth-order valence-electron chi connectivity index (χ4n) is 1.58. The second-order valence-electron chi connectivity index (χ2n) is 4.20. The molecular weight excluding hydrogens is 182 g/mol. The minimum atomic E-state index is -1.04. The molecule has 1 aromatic rings. The summed E-state index contributed by atoms with van der Waals surface area (Å²) < 4.78 is 1.63. The maximum atomic E-state index is 11.0. The number of nitrogens with zero attached hydrogens (tertiary/aromatic N) is 2. The SMILES string of the molecule is Cc1nc(N)c(C(=O)O)n1C(C)(C)C. The van der Waals surface area contributed by atoms with E-state index < -0.39 is 5.97 Å². The predicted molar refractivity (Wildman–Crippen MR) is 53.3 cm³/mol. The molecule has 0 bridgehead atoms. The Hall–Kier alpha value is -1.52. The maximum absolute atomic E-state index is 11.0. The van der Waals surface area contributed by atoms with Crippen LogP contribution in [0.4, 0.5) is 5.82 Å². The third-order valence-electron chi connectivity index (χ3n) is 1.95. The number of hydrogen-bond acceptors (Lipinski definition) is 3. The highest BCUT2D eigenvalue weighted by Crippen LogP contribution is 2.23. The van der Waals surface area contributed by atoms with Crippen LogP contribution in [0.25, 0.3) is 0 Å². The molecule has 0 spiro atoms. The van der Waals surface area contributed by atoms with Gasteiger partial charge >= 0.3 is 5.97 Å². The molecule has 0 aromatic carbocycles. The number of nitrogens with two attached hydrogens (primary N) is 1. The number of aryl methyl sites for hydroxylation is 1. The van der Waals surface area contributed by atoms with Crippen LogP contribution in [0.1, 0.15) is 37.1 Å². The maximum Gasteiger partial charge on any atom is 0.356 e. The zero-order chi connectivity index (χ0) is 11.1. The average molecular weight is 197 g/mol. The number of aromatic carboxylic acids is 1. The van der Waals surface area contributed by atoms with E-state index >= 15 is 0 Å². The van der Waals surface area contributed by atoms with Gasteiger partial charge in [0.1, 0.15) is 5.82 Å². The molecule has 0 aliphatic heterocycles. The van der Waals surface area contributed by atoms with Gasteiger partial charge in [0, 0.05) is 5.54 Å². The van der Waals surface area contributed by atoms with Gasteiger partial charge < -0.3 is 15.4 Å². The average Bonchev–Trinajstić information content (AvgIpc) is 2.23. The highest BCUT2D eigenvalue weighted by Gasteiger charge is 2.26. The second-order valence-corrected chi connectivity index (χ2v) is 4.20. The molecule has 0 amide bonds. The van der Waals surface area contributed by atoms with E-state index in [4.69, 9.17) is 10.8 Å². The molecule has 0 saturated carbocycles. The number of hydrogen-bond donors (Lipinski definition) is 2. The summed E-state index contributed by atoms with van der Waals surface area (Å²) in [5.41, 5.74) is 5.26. The molecule has 14 heavy (non-hydrogen) atoms. The molecule has 0 aliphatic carbocycles. The quantitative estimate of drug-likeness (QED) is 0.709. The molecule has 1 rings (SSSR count). The molecule has 0 fully saturated rings. The molecule has 5 nitrogen and oxygen atoms in total. The summed E-state index contributed by atoms with van der Waals surface area (Å²) in [6, 6.07) is 0. The molecule has 0 atom stereocenters. The second kappa shape index (κ2) is 3.01. The van der Waals surface area contributed by atoms with Gasteiger partial charge in [0.05, 0.1) is 0 Å². The molecule has 1 aromatic heterocycles. The van der Waals surface area contributed by atoms with Crippen molar-refractivity contribution in [3.05, 3.63) is 11.5 Å². The Bertz CT molecular complexity index is 374. The molecule has 0 unspecified atom stereocenters. The number of anilines is 1. The standard InChI is InChI=1S/C9H15N3O2/c1-5-11-7(10)6(8(13)14)12(5)9(2,3)4/h10H2,1-4H3,(H,13,14). The van der Waals surface area contributed by atoms with Crippen molar-refractivity contribution in [2.75, 3.05) is 5.73 Å². The van der Waals surface area contributed by atoms with Gasteiger partial charge in [-0.05, 0) is 27.7 Å². The number of rotatable bonds is 1. The van der Waals surface area contributed by atoms with Crippen molar-refractivity contribution in [1.82, 2.24) is 9.55 Å². The van der Waals surface area contributed by atoms with Crippen LogP contribution < -0.4 is 5.73 Å². The zero-order valence-corrected chi connectivity index (χ0v) is 8.83. The van der Waals surface area contributed by atoms with E-state index in [2.05, 4.69) is 4.98 Å². The summed E-state index contributed by atoms with van der Waals surface area (Å²) in [5, 5.41) is 8.98. The van der Waals surface area contributed by atoms with Crippen molar-refractivity contribution in [3.63, 3.8) is 0 Å². The van der Waals surface area contributed by atoms with E-state index in [-0.39, 0.29) is 17.1 Å². The van der Waals surface area contributed by atoms with Crippen molar-refractivity contribution >= 4 is 11.8 Å². The van der Waals surface area contributed by atoms with Crippen LogP contribution in [-0.4, -0.2) is 20.6 Å². The Morgan fingerprint density at radius 1 is 1.50 bits per heavy atom. The number of carboxylic acid groups (broad SMARTS) is 1. The molecule has 3 N–H and O–H groups in total. The van der Waals surface area contributed by atoms with Crippen LogP contribution in [0, 0.1) is 6.92 Å². The predicted octanol–water partition coefficient (Wildman–Crippen LogP) is 1.23. The fourth-order valence-corrected chi connectivity index (χ4v) is 1.58. The Morgan fingerprint density at radius 2 is 2.00 bits per heavy atom. The number of carboxylic acids is 1. The lowest BCUT2D eigenvalue weighted by molar-refractivity contribution is 0.0679. The fraction of sp³-hybridized carbons (Fsp3) is 0.556. The van der Waals surface area contributed by atoms with Crippen LogP contribution in [0.5, 0.6) is 0 Å². The summed E-state index contributed by atoms with van der Waals surface area (Å²) in [4.78, 5) is 14.9. The summed E-state index contributed by atoms with van der Waals surface area (Å²) in [5.74, 6) is -0.352. The summed E-state index contributed by atoms with van der Waals surface area (Å²) >= 11 is 0. The van der Waals surface area contributed by atoms with Gasteiger partial charge in [-0.2, -0.15) is 0 Å². The Balaban J connectivity index is 3.48. The molecule has 0 radical (unpaired) electrons. The third kappa shape index (κ3) is 1.57. The largest absolute Gasteiger partial charge is 0.476 e. The number of nitrogen functional groups attached to an aromatic ring is 1. The van der Waals surface area contributed by atoms with Gasteiger partial charge in [0.25, 0.3) is 0 Å². The van der Waals surface area contributed by atoms with Crippen LogP contribution in [0.2, 0.25) is 0 Å². The van der Waals surface area contributed by atoms with Crippen molar-refractivity contribution in [2.45, 2.75) is 33.2 Å². The third-order valence-corrected chi connectivity index (χ3v) is 1.95. The monoisotopic (exact) mass is 197 g/mol. The first kappa shape index (κ1) is 10.6. The van der Waals surface area contributed by atoms with E-state index in [1.54, 1.807) is 11.5 Å². The highest BCUT2D eigenvalue weighted by molar-refractivity contribution is 5.91. The summed E-state index contributed by atoms with van der Waals surface area (Å²) in [6.07, 6.45) is 0. The lowest BCUT2D eigenvalue weighted by atomic mass is 10.1. The van der Waals surface area contributed by atoms with Gasteiger partial charge in [0.15, 0.2) is 11.5 Å². The molecule has 78 valence electrons. The van der Waals surface area contributed by atoms with E-state index in [0.29, 0.717) is 5.82 Å². The first-order valence-corrected chi connectivity index (χ1v) is 4.33. The first-order valence-electron chi connectivity index (χ1n) is 4.33. The molecule has 1 heterocycles. The lowest BCUT2D eigenvalue weighted by Crippen LogP contribution is -2.27. The van der Waals surface area contributed by atoms with Gasteiger partial charge in [-0.1, -0.05) is 0 Å². The van der Waals surface area contributed by atoms with E-state index in [1.165, 1.54) is 0 Å². The van der Waals surface area contributed by atoms with Gasteiger partial charge in [0.2, 0.25) is 0 Å². The minimum Gasteiger partial charge on any atom is -0.476 e. The lowest BCUT2D eigenvalue weighted by Gasteiger charge is -2.24. The number of carbonyl (C=O) groups is 1. The zero-order valence-electron chi connectivity index (χ0n) is 8.83. The Kier molecular flexibility index (Phi) is 2.27. The topological polar surface area (TPSA) is 81.1 Å². The van der Waals surface area contributed by atoms with Crippen molar-refractivity contribution < 1.29 is 9.90 Å².